The Morgan fingerprint density at radius 1 is 1.20 bits per heavy atom. The molecule has 0 aliphatic heterocycles. The van der Waals surface area contributed by atoms with Crippen LogP contribution in [0.5, 0.6) is 0 Å². The number of rotatable bonds is 6. The summed E-state index contributed by atoms with van der Waals surface area (Å²) >= 11 is 0. The molecule has 2 amide bonds. The fraction of sp³-hybridized carbons (Fsp3) is 0.357. The van der Waals surface area contributed by atoms with E-state index in [4.69, 9.17) is 5.11 Å². The molecule has 0 aliphatic rings. The first-order valence-corrected chi connectivity index (χ1v) is 6.29. The van der Waals surface area contributed by atoms with Gasteiger partial charge in [-0.05, 0) is 31.5 Å². The van der Waals surface area contributed by atoms with Crippen molar-refractivity contribution in [3.63, 3.8) is 0 Å². The second-order valence-electron chi connectivity index (χ2n) is 4.47. The molecule has 0 spiro atoms. The predicted molar refractivity (Wildman–Crippen MR) is 73.6 cm³/mol. The highest BCUT2D eigenvalue weighted by molar-refractivity contribution is 5.99. The second kappa shape index (κ2) is 7.28. The number of amides is 2. The van der Waals surface area contributed by atoms with E-state index < -0.39 is 5.97 Å². The number of nitrogens with one attached hydrogen (secondary N) is 2. The lowest BCUT2D eigenvalue weighted by atomic mass is 10.1. The number of benzene rings is 1. The Morgan fingerprint density at radius 3 is 2.35 bits per heavy atom. The van der Waals surface area contributed by atoms with Gasteiger partial charge in [-0.3, -0.25) is 14.4 Å². The molecule has 3 N–H and O–H groups in total. The van der Waals surface area contributed by atoms with Crippen LogP contribution in [0.25, 0.3) is 0 Å². The maximum absolute atomic E-state index is 12.0. The summed E-state index contributed by atoms with van der Waals surface area (Å²) in [5.41, 5.74) is 0.770. The lowest BCUT2D eigenvalue weighted by Crippen LogP contribution is -2.33. The van der Waals surface area contributed by atoms with Crippen molar-refractivity contribution in [1.29, 1.82) is 0 Å². The minimum atomic E-state index is -0.896. The van der Waals surface area contributed by atoms with Crippen LogP contribution in [0, 0.1) is 0 Å². The molecular weight excluding hydrogens is 260 g/mol. The fourth-order valence-electron chi connectivity index (χ4n) is 1.67. The Kier molecular flexibility index (Phi) is 5.71. The van der Waals surface area contributed by atoms with E-state index in [1.165, 1.54) is 13.1 Å². The van der Waals surface area contributed by atoms with Crippen LogP contribution in [0.15, 0.2) is 24.3 Å². The van der Waals surface area contributed by atoms with Gasteiger partial charge in [0.25, 0.3) is 11.8 Å². The summed E-state index contributed by atoms with van der Waals surface area (Å²) < 4.78 is 0. The van der Waals surface area contributed by atoms with Crippen molar-refractivity contribution in [2.75, 3.05) is 7.05 Å². The van der Waals surface area contributed by atoms with Crippen molar-refractivity contribution >= 4 is 17.8 Å². The monoisotopic (exact) mass is 278 g/mol. The van der Waals surface area contributed by atoms with E-state index >= 15 is 0 Å². The highest BCUT2D eigenvalue weighted by Crippen LogP contribution is 2.06. The number of carboxylic acids is 1. The Balaban J connectivity index is 2.67. The van der Waals surface area contributed by atoms with Gasteiger partial charge < -0.3 is 15.7 Å². The first-order valence-electron chi connectivity index (χ1n) is 6.29. The SMILES string of the molecule is CNC(=O)c1cccc(C(=O)NC(C)CCC(=O)O)c1. The van der Waals surface area contributed by atoms with Gasteiger partial charge in [-0.15, -0.1) is 0 Å². The van der Waals surface area contributed by atoms with E-state index in [9.17, 15) is 14.4 Å². The Hall–Kier alpha value is -2.37. The lowest BCUT2D eigenvalue weighted by molar-refractivity contribution is -0.137. The quantitative estimate of drug-likeness (QED) is 0.724. The third-order valence-corrected chi connectivity index (χ3v) is 2.78. The molecular formula is C14H18N2O4. The van der Waals surface area contributed by atoms with Gasteiger partial charge in [0.2, 0.25) is 0 Å². The molecule has 1 rings (SSSR count). The molecule has 0 saturated carbocycles. The molecule has 0 saturated heterocycles. The van der Waals surface area contributed by atoms with Crippen LogP contribution >= 0.6 is 0 Å². The highest BCUT2D eigenvalue weighted by Gasteiger charge is 2.12. The largest absolute Gasteiger partial charge is 0.481 e. The normalized spacial score (nSPS) is 11.5. The zero-order valence-electron chi connectivity index (χ0n) is 11.5. The maximum Gasteiger partial charge on any atom is 0.303 e. The van der Waals surface area contributed by atoms with Crippen molar-refractivity contribution in [2.45, 2.75) is 25.8 Å². The summed E-state index contributed by atoms with van der Waals surface area (Å²) in [4.78, 5) is 33.9. The topological polar surface area (TPSA) is 95.5 Å². The number of carbonyl (C=O) groups excluding carboxylic acids is 2. The number of carbonyl (C=O) groups is 3. The highest BCUT2D eigenvalue weighted by atomic mass is 16.4. The van der Waals surface area contributed by atoms with Gasteiger partial charge >= 0.3 is 5.97 Å². The summed E-state index contributed by atoms with van der Waals surface area (Å²) in [7, 11) is 1.52. The molecule has 0 aromatic heterocycles. The van der Waals surface area contributed by atoms with Crippen molar-refractivity contribution < 1.29 is 19.5 Å². The number of hydrogen-bond acceptors (Lipinski definition) is 3. The first-order chi connectivity index (χ1) is 9.43. The van der Waals surface area contributed by atoms with Gasteiger partial charge in [-0.1, -0.05) is 6.07 Å². The molecule has 6 heteroatoms. The molecule has 0 fully saturated rings. The van der Waals surface area contributed by atoms with Gasteiger partial charge in [0.15, 0.2) is 0 Å². The molecule has 0 radical (unpaired) electrons. The van der Waals surface area contributed by atoms with Gasteiger partial charge in [0, 0.05) is 30.6 Å². The molecule has 0 aliphatic carbocycles. The zero-order valence-corrected chi connectivity index (χ0v) is 11.5. The molecule has 6 nitrogen and oxygen atoms in total. The van der Waals surface area contributed by atoms with Crippen LogP contribution in [0.3, 0.4) is 0 Å². The van der Waals surface area contributed by atoms with Gasteiger partial charge in [0.05, 0.1) is 0 Å². The van der Waals surface area contributed by atoms with Gasteiger partial charge in [-0.25, -0.2) is 0 Å². The number of carboxylic acid groups (broad SMARTS) is 1. The Morgan fingerprint density at radius 2 is 1.80 bits per heavy atom. The van der Waals surface area contributed by atoms with E-state index in [1.807, 2.05) is 0 Å². The van der Waals surface area contributed by atoms with E-state index in [0.29, 0.717) is 17.5 Å². The zero-order chi connectivity index (χ0) is 15.1. The Labute approximate surface area is 117 Å². The van der Waals surface area contributed by atoms with Crippen molar-refractivity contribution in [3.05, 3.63) is 35.4 Å². The van der Waals surface area contributed by atoms with E-state index in [0.717, 1.165) is 0 Å². The third-order valence-electron chi connectivity index (χ3n) is 2.78. The van der Waals surface area contributed by atoms with Crippen LogP contribution in [0.2, 0.25) is 0 Å². The minimum Gasteiger partial charge on any atom is -0.481 e. The van der Waals surface area contributed by atoms with Crippen LogP contribution in [-0.2, 0) is 4.79 Å². The molecule has 20 heavy (non-hydrogen) atoms. The van der Waals surface area contributed by atoms with Crippen LogP contribution in [0.4, 0.5) is 0 Å². The van der Waals surface area contributed by atoms with Crippen LogP contribution in [0.1, 0.15) is 40.5 Å². The summed E-state index contributed by atoms with van der Waals surface area (Å²) in [5.74, 6) is -1.49. The van der Waals surface area contributed by atoms with Crippen LogP contribution in [-0.4, -0.2) is 36.0 Å². The van der Waals surface area contributed by atoms with Gasteiger partial charge in [0.1, 0.15) is 0 Å². The molecule has 1 aromatic carbocycles. The van der Waals surface area contributed by atoms with E-state index in [1.54, 1.807) is 25.1 Å². The number of aliphatic carboxylic acids is 1. The smallest absolute Gasteiger partial charge is 0.303 e. The van der Waals surface area contributed by atoms with Crippen molar-refractivity contribution in [2.24, 2.45) is 0 Å². The molecule has 1 aromatic rings. The minimum absolute atomic E-state index is 0.000271. The molecule has 0 bridgehead atoms. The summed E-state index contributed by atoms with van der Waals surface area (Å²) in [6, 6.07) is 6.09. The van der Waals surface area contributed by atoms with E-state index in [2.05, 4.69) is 10.6 Å². The van der Waals surface area contributed by atoms with Gasteiger partial charge in [-0.2, -0.15) is 0 Å². The van der Waals surface area contributed by atoms with Crippen LogP contribution < -0.4 is 10.6 Å². The second-order valence-corrected chi connectivity index (χ2v) is 4.47. The summed E-state index contributed by atoms with van der Waals surface area (Å²) in [5, 5.41) is 13.8. The maximum atomic E-state index is 12.0. The average Bonchev–Trinajstić information content (AvgIpc) is 2.44. The summed E-state index contributed by atoms with van der Waals surface area (Å²) in [6.07, 6.45) is 0.357. The van der Waals surface area contributed by atoms with Crippen molar-refractivity contribution in [3.8, 4) is 0 Å². The Bertz CT molecular complexity index is 514. The molecule has 1 unspecified atom stereocenters. The summed E-state index contributed by atoms with van der Waals surface area (Å²) in [6.45, 7) is 1.74. The standard InChI is InChI=1S/C14H18N2O4/c1-9(6-7-12(17)18)16-14(20)11-5-3-4-10(8-11)13(19)15-2/h3-5,8-9H,6-7H2,1-2H3,(H,15,19)(H,16,20)(H,17,18). The molecule has 108 valence electrons. The average molecular weight is 278 g/mol. The first kappa shape index (κ1) is 15.7. The number of hydrogen-bond donors (Lipinski definition) is 3. The third kappa shape index (κ3) is 4.72. The lowest BCUT2D eigenvalue weighted by Gasteiger charge is -2.13. The predicted octanol–water partition coefficient (Wildman–Crippen LogP) is 1.03. The molecule has 0 heterocycles. The van der Waals surface area contributed by atoms with E-state index in [-0.39, 0.29) is 24.3 Å². The molecule has 1 atom stereocenters. The fourth-order valence-corrected chi connectivity index (χ4v) is 1.67. The van der Waals surface area contributed by atoms with Crippen molar-refractivity contribution in [1.82, 2.24) is 10.6 Å².